The molecule has 16 heavy (non-hydrogen) atoms. The monoisotopic (exact) mass is 217 g/mol. The third-order valence-electron chi connectivity index (χ3n) is 3.30. The van der Waals surface area contributed by atoms with Crippen LogP contribution in [0.15, 0.2) is 24.3 Å². The molecule has 1 aromatic rings. The first-order valence-corrected chi connectivity index (χ1v) is 5.80. The van der Waals surface area contributed by atoms with Crippen LogP contribution in [-0.2, 0) is 13.0 Å². The van der Waals surface area contributed by atoms with Crippen LogP contribution in [0.25, 0.3) is 0 Å². The molecule has 0 aromatic heterocycles. The largest absolute Gasteiger partial charge is 0.388 e. The van der Waals surface area contributed by atoms with E-state index >= 15 is 0 Å². The van der Waals surface area contributed by atoms with E-state index in [-0.39, 0.29) is 5.84 Å². The SMILES string of the molecule is CC(CC(=N)N)N1CCc2ccccc2C1. The van der Waals surface area contributed by atoms with Gasteiger partial charge in [0.1, 0.15) is 0 Å². The molecular weight excluding hydrogens is 198 g/mol. The molecule has 2 rings (SSSR count). The van der Waals surface area contributed by atoms with E-state index in [1.54, 1.807) is 0 Å². The molecule has 1 aromatic carbocycles. The maximum Gasteiger partial charge on any atom is 0.0920 e. The Labute approximate surface area is 96.8 Å². The standard InChI is InChI=1S/C13H19N3/c1-10(8-13(14)15)16-7-6-11-4-2-3-5-12(11)9-16/h2-5,10H,6-9H2,1H3,(H3,14,15). The maximum atomic E-state index is 7.34. The maximum absolute atomic E-state index is 7.34. The van der Waals surface area contributed by atoms with Gasteiger partial charge >= 0.3 is 0 Å². The molecule has 3 N–H and O–H groups in total. The topological polar surface area (TPSA) is 53.1 Å². The molecule has 1 unspecified atom stereocenters. The molecule has 0 bridgehead atoms. The fourth-order valence-corrected chi connectivity index (χ4v) is 2.34. The van der Waals surface area contributed by atoms with Gasteiger partial charge in [-0.15, -0.1) is 0 Å². The minimum atomic E-state index is 0.284. The van der Waals surface area contributed by atoms with Crippen molar-refractivity contribution < 1.29 is 0 Å². The van der Waals surface area contributed by atoms with E-state index in [1.807, 2.05) is 0 Å². The van der Waals surface area contributed by atoms with Crippen LogP contribution in [-0.4, -0.2) is 23.3 Å². The molecule has 1 aliphatic heterocycles. The first-order chi connectivity index (χ1) is 7.66. The fraction of sp³-hybridized carbons (Fsp3) is 0.462. The summed E-state index contributed by atoms with van der Waals surface area (Å²) in [7, 11) is 0. The molecule has 0 amide bonds. The number of amidine groups is 1. The quantitative estimate of drug-likeness (QED) is 0.599. The smallest absolute Gasteiger partial charge is 0.0920 e. The number of nitrogens with one attached hydrogen (secondary N) is 1. The highest BCUT2D eigenvalue weighted by atomic mass is 15.2. The van der Waals surface area contributed by atoms with Crippen molar-refractivity contribution in [1.29, 1.82) is 5.41 Å². The summed E-state index contributed by atoms with van der Waals surface area (Å²) in [6, 6.07) is 8.97. The van der Waals surface area contributed by atoms with Gasteiger partial charge in [-0.2, -0.15) is 0 Å². The van der Waals surface area contributed by atoms with Crippen molar-refractivity contribution in [2.45, 2.75) is 32.4 Å². The second kappa shape index (κ2) is 4.66. The van der Waals surface area contributed by atoms with Gasteiger partial charge in [0.05, 0.1) is 5.84 Å². The van der Waals surface area contributed by atoms with Crippen molar-refractivity contribution in [3.63, 3.8) is 0 Å². The van der Waals surface area contributed by atoms with Gasteiger partial charge < -0.3 is 5.73 Å². The molecule has 0 spiro atoms. The summed E-state index contributed by atoms with van der Waals surface area (Å²) in [5.74, 6) is 0.284. The summed E-state index contributed by atoms with van der Waals surface area (Å²) >= 11 is 0. The molecule has 1 heterocycles. The van der Waals surface area contributed by atoms with E-state index in [0.29, 0.717) is 12.5 Å². The molecule has 3 heteroatoms. The summed E-state index contributed by atoms with van der Waals surface area (Å²) in [5, 5.41) is 7.34. The summed E-state index contributed by atoms with van der Waals surface area (Å²) < 4.78 is 0. The van der Waals surface area contributed by atoms with Crippen LogP contribution < -0.4 is 5.73 Å². The van der Waals surface area contributed by atoms with Crippen LogP contribution in [0.3, 0.4) is 0 Å². The zero-order chi connectivity index (χ0) is 11.5. The lowest BCUT2D eigenvalue weighted by Gasteiger charge is -2.33. The molecule has 0 aliphatic carbocycles. The van der Waals surface area contributed by atoms with Crippen molar-refractivity contribution in [3.05, 3.63) is 35.4 Å². The second-order valence-electron chi connectivity index (χ2n) is 4.57. The summed E-state index contributed by atoms with van der Waals surface area (Å²) in [6.07, 6.45) is 1.78. The van der Waals surface area contributed by atoms with E-state index in [2.05, 4.69) is 36.1 Å². The van der Waals surface area contributed by atoms with Gasteiger partial charge in [-0.25, -0.2) is 0 Å². The van der Waals surface area contributed by atoms with Crippen LogP contribution in [0.2, 0.25) is 0 Å². The molecule has 0 saturated heterocycles. The Morgan fingerprint density at radius 1 is 1.44 bits per heavy atom. The van der Waals surface area contributed by atoms with E-state index in [9.17, 15) is 0 Å². The van der Waals surface area contributed by atoms with E-state index in [4.69, 9.17) is 11.1 Å². The number of hydrogen-bond donors (Lipinski definition) is 2. The number of hydrogen-bond acceptors (Lipinski definition) is 2. The third kappa shape index (κ3) is 2.42. The third-order valence-corrected chi connectivity index (χ3v) is 3.30. The lowest BCUT2D eigenvalue weighted by Crippen LogP contribution is -2.39. The molecule has 0 fully saturated rings. The van der Waals surface area contributed by atoms with Gasteiger partial charge in [0.15, 0.2) is 0 Å². The van der Waals surface area contributed by atoms with Crippen molar-refractivity contribution in [2.24, 2.45) is 5.73 Å². The number of nitrogens with two attached hydrogens (primary N) is 1. The Bertz CT molecular complexity index is 387. The Morgan fingerprint density at radius 2 is 2.12 bits per heavy atom. The number of nitrogens with zero attached hydrogens (tertiary/aromatic N) is 1. The minimum absolute atomic E-state index is 0.284. The minimum Gasteiger partial charge on any atom is -0.388 e. The molecular formula is C13H19N3. The zero-order valence-corrected chi connectivity index (χ0v) is 9.74. The Kier molecular flexibility index (Phi) is 3.25. The highest BCUT2D eigenvalue weighted by molar-refractivity contribution is 5.77. The van der Waals surface area contributed by atoms with Gasteiger partial charge in [-0.3, -0.25) is 10.3 Å². The fourth-order valence-electron chi connectivity index (χ4n) is 2.34. The molecule has 1 atom stereocenters. The second-order valence-corrected chi connectivity index (χ2v) is 4.57. The van der Waals surface area contributed by atoms with Crippen LogP contribution in [0, 0.1) is 5.41 Å². The number of benzene rings is 1. The number of fused-ring (bicyclic) bond motifs is 1. The average Bonchev–Trinajstić information content (AvgIpc) is 2.27. The van der Waals surface area contributed by atoms with E-state index < -0.39 is 0 Å². The lowest BCUT2D eigenvalue weighted by atomic mass is 9.98. The van der Waals surface area contributed by atoms with Crippen LogP contribution >= 0.6 is 0 Å². The Morgan fingerprint density at radius 3 is 2.81 bits per heavy atom. The van der Waals surface area contributed by atoms with Crippen LogP contribution in [0.5, 0.6) is 0 Å². The van der Waals surface area contributed by atoms with Gasteiger partial charge in [0.2, 0.25) is 0 Å². The highest BCUT2D eigenvalue weighted by Gasteiger charge is 2.20. The predicted molar refractivity (Wildman–Crippen MR) is 66.5 cm³/mol. The van der Waals surface area contributed by atoms with Crippen molar-refractivity contribution in [1.82, 2.24) is 4.90 Å². The Hall–Kier alpha value is -1.35. The van der Waals surface area contributed by atoms with Crippen molar-refractivity contribution in [2.75, 3.05) is 6.54 Å². The highest BCUT2D eigenvalue weighted by Crippen LogP contribution is 2.20. The lowest BCUT2D eigenvalue weighted by molar-refractivity contribution is 0.194. The van der Waals surface area contributed by atoms with Crippen LogP contribution in [0.1, 0.15) is 24.5 Å². The average molecular weight is 217 g/mol. The molecule has 0 saturated carbocycles. The first-order valence-electron chi connectivity index (χ1n) is 5.80. The first kappa shape index (κ1) is 11.1. The number of rotatable bonds is 3. The van der Waals surface area contributed by atoms with E-state index in [0.717, 1.165) is 19.5 Å². The summed E-state index contributed by atoms with van der Waals surface area (Å²) in [5.41, 5.74) is 8.34. The molecule has 1 aliphatic rings. The summed E-state index contributed by atoms with van der Waals surface area (Å²) in [4.78, 5) is 2.41. The van der Waals surface area contributed by atoms with E-state index in [1.165, 1.54) is 11.1 Å². The normalized spacial score (nSPS) is 17.8. The van der Waals surface area contributed by atoms with Gasteiger partial charge in [0, 0.05) is 25.6 Å². The molecule has 3 nitrogen and oxygen atoms in total. The Balaban J connectivity index is 2.05. The van der Waals surface area contributed by atoms with Crippen molar-refractivity contribution >= 4 is 5.84 Å². The van der Waals surface area contributed by atoms with Gasteiger partial charge in [-0.05, 0) is 24.5 Å². The van der Waals surface area contributed by atoms with Crippen molar-refractivity contribution in [3.8, 4) is 0 Å². The van der Waals surface area contributed by atoms with Gasteiger partial charge in [0.25, 0.3) is 0 Å². The molecule has 0 radical (unpaired) electrons. The van der Waals surface area contributed by atoms with Gasteiger partial charge in [-0.1, -0.05) is 24.3 Å². The molecule has 86 valence electrons. The predicted octanol–water partition coefficient (Wildman–Crippen LogP) is 1.76. The summed E-state index contributed by atoms with van der Waals surface area (Å²) in [6.45, 7) is 4.21. The zero-order valence-electron chi connectivity index (χ0n) is 9.74. The van der Waals surface area contributed by atoms with Crippen LogP contribution in [0.4, 0.5) is 0 Å².